The van der Waals surface area contributed by atoms with Gasteiger partial charge in [0.2, 0.25) is 5.78 Å². The van der Waals surface area contributed by atoms with Crippen molar-refractivity contribution in [2.75, 3.05) is 0 Å². The number of Topliss-reactive ketones (excluding diaryl/α,β-unsaturated/α-hetero) is 1. The van der Waals surface area contributed by atoms with E-state index in [9.17, 15) is 4.79 Å². The summed E-state index contributed by atoms with van der Waals surface area (Å²) in [5.41, 5.74) is 2.24. The summed E-state index contributed by atoms with van der Waals surface area (Å²) < 4.78 is 2.85. The summed E-state index contributed by atoms with van der Waals surface area (Å²) in [5, 5.41) is 0. The Morgan fingerprint density at radius 1 is 1.35 bits per heavy atom. The monoisotopic (exact) mass is 293 g/mol. The van der Waals surface area contributed by atoms with E-state index in [2.05, 4.69) is 25.9 Å². The SMILES string of the molecule is Cc1cnc(C(=O)Cn2cc(Br)cc2C)cn1. The van der Waals surface area contributed by atoms with Gasteiger partial charge in [-0.1, -0.05) is 0 Å². The fourth-order valence-electron chi connectivity index (χ4n) is 1.51. The molecule has 0 spiro atoms. The van der Waals surface area contributed by atoms with E-state index in [-0.39, 0.29) is 12.3 Å². The zero-order valence-corrected chi connectivity index (χ0v) is 11.2. The average molecular weight is 294 g/mol. The molecule has 0 bridgehead atoms. The zero-order valence-electron chi connectivity index (χ0n) is 9.64. The minimum Gasteiger partial charge on any atom is -0.343 e. The molecule has 0 radical (unpaired) electrons. The third-order valence-corrected chi connectivity index (χ3v) is 2.89. The minimum atomic E-state index is -0.0382. The highest BCUT2D eigenvalue weighted by atomic mass is 79.9. The van der Waals surface area contributed by atoms with Crippen molar-refractivity contribution in [1.29, 1.82) is 0 Å². The fourth-order valence-corrected chi connectivity index (χ4v) is 2.09. The van der Waals surface area contributed by atoms with Crippen LogP contribution in [0.4, 0.5) is 0 Å². The van der Waals surface area contributed by atoms with E-state index in [4.69, 9.17) is 0 Å². The molecule has 0 N–H and O–H groups in total. The molecule has 5 heteroatoms. The van der Waals surface area contributed by atoms with E-state index in [0.717, 1.165) is 15.9 Å². The van der Waals surface area contributed by atoms with Crippen molar-refractivity contribution in [1.82, 2.24) is 14.5 Å². The number of halogens is 1. The molecule has 17 heavy (non-hydrogen) atoms. The Labute approximate surface area is 108 Å². The van der Waals surface area contributed by atoms with Gasteiger partial charge in [0.05, 0.1) is 18.4 Å². The fraction of sp³-hybridized carbons (Fsp3) is 0.250. The molecule has 0 aliphatic carbocycles. The van der Waals surface area contributed by atoms with Gasteiger partial charge in [0.15, 0.2) is 0 Å². The number of ketones is 1. The van der Waals surface area contributed by atoms with Gasteiger partial charge in [-0.3, -0.25) is 9.78 Å². The Kier molecular flexibility index (Phi) is 3.38. The van der Waals surface area contributed by atoms with Gasteiger partial charge in [0.1, 0.15) is 5.69 Å². The molecule has 4 nitrogen and oxygen atoms in total. The van der Waals surface area contributed by atoms with Crippen LogP contribution in [0.2, 0.25) is 0 Å². The molecule has 0 fully saturated rings. The first kappa shape index (κ1) is 12.0. The lowest BCUT2D eigenvalue weighted by Gasteiger charge is -2.04. The van der Waals surface area contributed by atoms with Gasteiger partial charge >= 0.3 is 0 Å². The summed E-state index contributed by atoms with van der Waals surface area (Å²) in [7, 11) is 0. The number of carbonyl (C=O) groups excluding carboxylic acids is 1. The van der Waals surface area contributed by atoms with Crippen molar-refractivity contribution < 1.29 is 4.79 Å². The predicted octanol–water partition coefficient (Wildman–Crippen LogP) is 2.54. The first-order chi connectivity index (χ1) is 8.06. The van der Waals surface area contributed by atoms with Gasteiger partial charge < -0.3 is 4.57 Å². The largest absolute Gasteiger partial charge is 0.343 e. The number of rotatable bonds is 3. The van der Waals surface area contributed by atoms with Crippen LogP contribution in [-0.2, 0) is 6.54 Å². The topological polar surface area (TPSA) is 47.8 Å². The molecule has 2 aromatic rings. The van der Waals surface area contributed by atoms with Crippen molar-refractivity contribution in [3.05, 3.63) is 46.2 Å². The number of hydrogen-bond acceptors (Lipinski definition) is 3. The number of aryl methyl sites for hydroxylation is 2. The van der Waals surface area contributed by atoms with Crippen LogP contribution in [0.5, 0.6) is 0 Å². The molecule has 2 heterocycles. The summed E-state index contributed by atoms with van der Waals surface area (Å²) in [4.78, 5) is 20.1. The van der Waals surface area contributed by atoms with Gasteiger partial charge in [-0.2, -0.15) is 0 Å². The van der Waals surface area contributed by atoms with Crippen LogP contribution in [0, 0.1) is 13.8 Å². The van der Waals surface area contributed by atoms with Gasteiger partial charge in [0, 0.05) is 22.6 Å². The summed E-state index contributed by atoms with van der Waals surface area (Å²) in [6, 6.07) is 1.97. The molecule has 88 valence electrons. The number of aromatic nitrogens is 3. The van der Waals surface area contributed by atoms with Gasteiger partial charge in [-0.05, 0) is 35.8 Å². The highest BCUT2D eigenvalue weighted by molar-refractivity contribution is 9.10. The van der Waals surface area contributed by atoms with E-state index in [1.165, 1.54) is 6.20 Å². The number of carbonyl (C=O) groups is 1. The first-order valence-electron chi connectivity index (χ1n) is 5.20. The molecule has 2 rings (SSSR count). The molecule has 2 aromatic heterocycles. The van der Waals surface area contributed by atoms with E-state index >= 15 is 0 Å². The molecule has 0 saturated heterocycles. The third kappa shape index (κ3) is 2.79. The molecule has 0 atom stereocenters. The van der Waals surface area contributed by atoms with Gasteiger partial charge in [0.25, 0.3) is 0 Å². The third-order valence-electron chi connectivity index (χ3n) is 2.46. The van der Waals surface area contributed by atoms with Crippen LogP contribution in [0.1, 0.15) is 21.9 Å². The van der Waals surface area contributed by atoms with Crippen molar-refractivity contribution in [3.8, 4) is 0 Å². The number of hydrogen-bond donors (Lipinski definition) is 0. The Hall–Kier alpha value is -1.49. The summed E-state index contributed by atoms with van der Waals surface area (Å²) in [6.45, 7) is 4.09. The van der Waals surface area contributed by atoms with E-state index < -0.39 is 0 Å². The molecular weight excluding hydrogens is 282 g/mol. The maximum Gasteiger partial charge on any atom is 0.202 e. The van der Waals surface area contributed by atoms with Crippen LogP contribution in [0.3, 0.4) is 0 Å². The van der Waals surface area contributed by atoms with Crippen LogP contribution in [0.25, 0.3) is 0 Å². The Morgan fingerprint density at radius 3 is 2.65 bits per heavy atom. The standard InChI is InChI=1S/C12H12BrN3O/c1-8-4-15-11(5-14-8)12(17)7-16-6-10(13)3-9(16)2/h3-6H,7H2,1-2H3. The summed E-state index contributed by atoms with van der Waals surface area (Å²) >= 11 is 3.38. The lowest BCUT2D eigenvalue weighted by atomic mass is 10.3. The smallest absolute Gasteiger partial charge is 0.202 e. The van der Waals surface area contributed by atoms with Crippen molar-refractivity contribution in [2.24, 2.45) is 0 Å². The van der Waals surface area contributed by atoms with Crippen molar-refractivity contribution in [3.63, 3.8) is 0 Å². The normalized spacial score (nSPS) is 10.5. The van der Waals surface area contributed by atoms with Crippen molar-refractivity contribution >= 4 is 21.7 Å². The highest BCUT2D eigenvalue weighted by Crippen LogP contribution is 2.14. The Balaban J connectivity index is 2.17. The molecule has 0 aliphatic heterocycles. The van der Waals surface area contributed by atoms with Crippen molar-refractivity contribution in [2.45, 2.75) is 20.4 Å². The first-order valence-corrected chi connectivity index (χ1v) is 5.99. The second-order valence-corrected chi connectivity index (χ2v) is 4.81. The average Bonchev–Trinajstić information content (AvgIpc) is 2.58. The summed E-state index contributed by atoms with van der Waals surface area (Å²) in [5.74, 6) is -0.0382. The Bertz CT molecular complexity index is 545. The van der Waals surface area contributed by atoms with Crippen LogP contribution in [0.15, 0.2) is 29.1 Å². The van der Waals surface area contributed by atoms with E-state index in [0.29, 0.717) is 5.69 Å². The van der Waals surface area contributed by atoms with Gasteiger partial charge in [-0.15, -0.1) is 0 Å². The van der Waals surface area contributed by atoms with Crippen LogP contribution in [-0.4, -0.2) is 20.3 Å². The quantitative estimate of drug-likeness (QED) is 0.817. The predicted molar refractivity (Wildman–Crippen MR) is 68.0 cm³/mol. The molecule has 0 aliphatic rings. The lowest BCUT2D eigenvalue weighted by molar-refractivity contribution is 0.0966. The molecule has 0 unspecified atom stereocenters. The Morgan fingerprint density at radius 2 is 2.12 bits per heavy atom. The van der Waals surface area contributed by atoms with Gasteiger partial charge in [-0.25, -0.2) is 4.98 Å². The molecule has 0 saturated carbocycles. The maximum atomic E-state index is 11.9. The molecule has 0 aromatic carbocycles. The maximum absolute atomic E-state index is 11.9. The highest BCUT2D eigenvalue weighted by Gasteiger charge is 2.10. The minimum absolute atomic E-state index is 0.0382. The second-order valence-electron chi connectivity index (χ2n) is 3.89. The molecular formula is C12H12BrN3O. The zero-order chi connectivity index (χ0) is 12.4. The van der Waals surface area contributed by atoms with Crippen LogP contribution < -0.4 is 0 Å². The van der Waals surface area contributed by atoms with E-state index in [1.54, 1.807) is 6.20 Å². The number of nitrogens with zero attached hydrogens (tertiary/aromatic N) is 3. The van der Waals surface area contributed by atoms with E-state index in [1.807, 2.05) is 30.7 Å². The lowest BCUT2D eigenvalue weighted by Crippen LogP contribution is -2.12. The second kappa shape index (κ2) is 4.79. The summed E-state index contributed by atoms with van der Waals surface area (Å²) in [6.07, 6.45) is 5.01. The molecule has 0 amide bonds. The van der Waals surface area contributed by atoms with Crippen LogP contribution >= 0.6 is 15.9 Å².